The van der Waals surface area contributed by atoms with Gasteiger partial charge in [0, 0.05) is 12.0 Å². The molecular formula is C14H16Cl2O2. The summed E-state index contributed by atoms with van der Waals surface area (Å²) in [5.41, 5.74) is 0. The van der Waals surface area contributed by atoms with E-state index in [4.69, 9.17) is 27.9 Å². The number of hydrogen-bond donors (Lipinski definition) is 0. The van der Waals surface area contributed by atoms with Crippen LogP contribution in [-0.4, -0.2) is 12.4 Å². The summed E-state index contributed by atoms with van der Waals surface area (Å²) in [6.45, 7) is 0.128. The van der Waals surface area contributed by atoms with Gasteiger partial charge in [0.2, 0.25) is 0 Å². The van der Waals surface area contributed by atoms with Gasteiger partial charge in [-0.15, -0.1) is 0 Å². The summed E-state index contributed by atoms with van der Waals surface area (Å²) in [7, 11) is 0. The standard InChI is InChI=1S/C14H16Cl2O2/c15-12-7-6-11(8-13(12)16)18-9-14(17)10-4-2-1-3-5-10/h6-8,10H,1-5,9H2. The maximum Gasteiger partial charge on any atom is 0.173 e. The van der Waals surface area contributed by atoms with E-state index in [9.17, 15) is 4.79 Å². The van der Waals surface area contributed by atoms with Gasteiger partial charge in [-0.2, -0.15) is 0 Å². The minimum Gasteiger partial charge on any atom is -0.486 e. The molecule has 1 fully saturated rings. The van der Waals surface area contributed by atoms with Crippen molar-refractivity contribution in [3.05, 3.63) is 28.2 Å². The van der Waals surface area contributed by atoms with Gasteiger partial charge in [0.1, 0.15) is 12.4 Å². The fourth-order valence-electron chi connectivity index (χ4n) is 2.26. The fraction of sp³-hybridized carbons (Fsp3) is 0.500. The highest BCUT2D eigenvalue weighted by Gasteiger charge is 2.21. The van der Waals surface area contributed by atoms with Crippen LogP contribution in [0.15, 0.2) is 18.2 Å². The first kappa shape index (κ1) is 13.7. The molecule has 0 saturated heterocycles. The van der Waals surface area contributed by atoms with Crippen LogP contribution in [0.25, 0.3) is 0 Å². The van der Waals surface area contributed by atoms with Crippen LogP contribution < -0.4 is 4.74 Å². The Balaban J connectivity index is 1.86. The Kier molecular flexibility index (Phi) is 4.90. The van der Waals surface area contributed by atoms with Crippen molar-refractivity contribution < 1.29 is 9.53 Å². The van der Waals surface area contributed by atoms with Gasteiger partial charge in [-0.25, -0.2) is 0 Å². The lowest BCUT2D eigenvalue weighted by atomic mass is 9.86. The summed E-state index contributed by atoms with van der Waals surface area (Å²) in [4.78, 5) is 11.9. The Labute approximate surface area is 117 Å². The number of benzene rings is 1. The molecule has 1 saturated carbocycles. The molecule has 98 valence electrons. The molecule has 0 radical (unpaired) electrons. The highest BCUT2D eigenvalue weighted by Crippen LogP contribution is 2.27. The van der Waals surface area contributed by atoms with Crippen molar-refractivity contribution in [1.82, 2.24) is 0 Å². The quantitative estimate of drug-likeness (QED) is 0.813. The summed E-state index contributed by atoms with van der Waals surface area (Å²) in [6.07, 6.45) is 5.57. The van der Waals surface area contributed by atoms with Gasteiger partial charge in [0.05, 0.1) is 10.0 Å². The first-order chi connectivity index (χ1) is 8.66. The fourth-order valence-corrected chi connectivity index (χ4v) is 2.55. The second-order valence-electron chi connectivity index (χ2n) is 4.67. The van der Waals surface area contributed by atoms with Crippen LogP contribution in [-0.2, 0) is 4.79 Å². The zero-order valence-corrected chi connectivity index (χ0v) is 11.6. The predicted molar refractivity (Wildman–Crippen MR) is 73.5 cm³/mol. The summed E-state index contributed by atoms with van der Waals surface area (Å²) in [6, 6.07) is 5.03. The van der Waals surface area contributed by atoms with Crippen molar-refractivity contribution in [3.8, 4) is 5.75 Å². The third-order valence-electron chi connectivity index (χ3n) is 3.33. The topological polar surface area (TPSA) is 26.3 Å². The van der Waals surface area contributed by atoms with Crippen LogP contribution in [0.3, 0.4) is 0 Å². The number of Topliss-reactive ketones (excluding diaryl/α,β-unsaturated/α-hetero) is 1. The Morgan fingerprint density at radius 1 is 1.17 bits per heavy atom. The summed E-state index contributed by atoms with van der Waals surface area (Å²) < 4.78 is 5.46. The number of rotatable bonds is 4. The number of ketones is 1. The van der Waals surface area contributed by atoms with Crippen LogP contribution in [0, 0.1) is 5.92 Å². The molecule has 0 bridgehead atoms. The van der Waals surface area contributed by atoms with E-state index < -0.39 is 0 Å². The zero-order chi connectivity index (χ0) is 13.0. The molecule has 1 aliphatic carbocycles. The van der Waals surface area contributed by atoms with Gasteiger partial charge in [-0.05, 0) is 25.0 Å². The second kappa shape index (κ2) is 6.44. The van der Waals surface area contributed by atoms with Gasteiger partial charge >= 0.3 is 0 Å². The molecule has 2 rings (SSSR count). The maximum atomic E-state index is 11.9. The highest BCUT2D eigenvalue weighted by atomic mass is 35.5. The number of ether oxygens (including phenoxy) is 1. The number of halogens is 2. The molecule has 4 heteroatoms. The van der Waals surface area contributed by atoms with Crippen molar-refractivity contribution in [1.29, 1.82) is 0 Å². The Bertz CT molecular complexity index is 426. The number of hydrogen-bond acceptors (Lipinski definition) is 2. The lowest BCUT2D eigenvalue weighted by Crippen LogP contribution is -2.23. The Morgan fingerprint density at radius 3 is 2.56 bits per heavy atom. The molecule has 1 aromatic carbocycles. The van der Waals surface area contributed by atoms with Crippen molar-refractivity contribution in [2.45, 2.75) is 32.1 Å². The van der Waals surface area contributed by atoms with Gasteiger partial charge in [0.15, 0.2) is 5.78 Å². The molecule has 0 spiro atoms. The van der Waals surface area contributed by atoms with Crippen LogP contribution in [0.1, 0.15) is 32.1 Å². The molecule has 18 heavy (non-hydrogen) atoms. The van der Waals surface area contributed by atoms with Crippen molar-refractivity contribution >= 4 is 29.0 Å². The maximum absolute atomic E-state index is 11.9. The molecule has 0 aliphatic heterocycles. The second-order valence-corrected chi connectivity index (χ2v) is 5.48. The molecule has 0 N–H and O–H groups in total. The molecule has 0 unspecified atom stereocenters. The molecule has 0 amide bonds. The zero-order valence-electron chi connectivity index (χ0n) is 10.1. The van der Waals surface area contributed by atoms with E-state index >= 15 is 0 Å². The summed E-state index contributed by atoms with van der Waals surface area (Å²) >= 11 is 11.7. The Hall–Kier alpha value is -0.730. The van der Waals surface area contributed by atoms with Crippen molar-refractivity contribution in [2.24, 2.45) is 5.92 Å². The van der Waals surface area contributed by atoms with Crippen LogP contribution >= 0.6 is 23.2 Å². The lowest BCUT2D eigenvalue weighted by Gasteiger charge is -2.20. The largest absolute Gasteiger partial charge is 0.486 e. The van der Waals surface area contributed by atoms with Crippen LogP contribution in [0.5, 0.6) is 5.75 Å². The van der Waals surface area contributed by atoms with Gasteiger partial charge < -0.3 is 4.74 Å². The van der Waals surface area contributed by atoms with E-state index in [-0.39, 0.29) is 18.3 Å². The van der Waals surface area contributed by atoms with Crippen molar-refractivity contribution in [2.75, 3.05) is 6.61 Å². The third kappa shape index (κ3) is 3.63. The molecular weight excluding hydrogens is 271 g/mol. The first-order valence-electron chi connectivity index (χ1n) is 6.27. The van der Waals surface area contributed by atoms with Crippen LogP contribution in [0.4, 0.5) is 0 Å². The monoisotopic (exact) mass is 286 g/mol. The normalized spacial score (nSPS) is 16.6. The first-order valence-corrected chi connectivity index (χ1v) is 7.03. The van der Waals surface area contributed by atoms with Gasteiger partial charge in [-0.1, -0.05) is 42.5 Å². The van der Waals surface area contributed by atoms with Crippen LogP contribution in [0.2, 0.25) is 10.0 Å². The smallest absolute Gasteiger partial charge is 0.173 e. The number of carbonyl (C=O) groups is 1. The molecule has 1 aromatic rings. The van der Waals surface area contributed by atoms with E-state index in [2.05, 4.69) is 0 Å². The lowest BCUT2D eigenvalue weighted by molar-refractivity contribution is -0.125. The SMILES string of the molecule is O=C(COc1ccc(Cl)c(Cl)c1)C1CCCCC1. The molecule has 0 atom stereocenters. The highest BCUT2D eigenvalue weighted by molar-refractivity contribution is 6.42. The minimum absolute atomic E-state index is 0.128. The molecule has 0 heterocycles. The average molecular weight is 287 g/mol. The van der Waals surface area contributed by atoms with E-state index in [1.807, 2.05) is 0 Å². The van der Waals surface area contributed by atoms with Crippen molar-refractivity contribution in [3.63, 3.8) is 0 Å². The number of carbonyl (C=O) groups excluding carboxylic acids is 1. The van der Waals surface area contributed by atoms with Gasteiger partial charge in [0.25, 0.3) is 0 Å². The minimum atomic E-state index is 0.128. The molecule has 2 nitrogen and oxygen atoms in total. The van der Waals surface area contributed by atoms with E-state index in [0.717, 1.165) is 25.7 Å². The molecule has 1 aliphatic rings. The molecule has 0 aromatic heterocycles. The van der Waals surface area contributed by atoms with Gasteiger partial charge in [-0.3, -0.25) is 4.79 Å². The van der Waals surface area contributed by atoms with E-state index in [1.165, 1.54) is 6.42 Å². The predicted octanol–water partition coefficient (Wildman–Crippen LogP) is 4.52. The van der Waals surface area contributed by atoms with E-state index in [1.54, 1.807) is 18.2 Å². The Morgan fingerprint density at radius 2 is 1.89 bits per heavy atom. The summed E-state index contributed by atoms with van der Waals surface area (Å²) in [5.74, 6) is 0.968. The third-order valence-corrected chi connectivity index (χ3v) is 4.07. The van der Waals surface area contributed by atoms with E-state index in [0.29, 0.717) is 15.8 Å². The average Bonchev–Trinajstić information content (AvgIpc) is 2.41. The summed E-state index contributed by atoms with van der Waals surface area (Å²) in [5, 5.41) is 0.932.